The minimum absolute atomic E-state index is 0.229. The summed E-state index contributed by atoms with van der Waals surface area (Å²) in [6.07, 6.45) is -2.57. The second-order valence-corrected chi connectivity index (χ2v) is 10.3. The number of pyridine rings is 2. The maximum absolute atomic E-state index is 15.5. The lowest BCUT2D eigenvalue weighted by Gasteiger charge is -2.30. The molecule has 35 heavy (non-hydrogen) atoms. The van der Waals surface area contributed by atoms with Gasteiger partial charge in [0.15, 0.2) is 6.20 Å². The van der Waals surface area contributed by atoms with Crippen molar-refractivity contribution in [3.05, 3.63) is 70.7 Å². The molecule has 0 bridgehead atoms. The summed E-state index contributed by atoms with van der Waals surface area (Å²) in [4.78, 5) is 0. The van der Waals surface area contributed by atoms with Gasteiger partial charge in [0.1, 0.15) is 12.9 Å². The molecule has 3 heterocycles. The highest BCUT2D eigenvalue weighted by Crippen LogP contribution is 2.50. The number of hydrogen-bond acceptors (Lipinski definition) is 0. The van der Waals surface area contributed by atoms with Crippen LogP contribution in [-0.2, 0) is 12.5 Å². The van der Waals surface area contributed by atoms with Gasteiger partial charge in [-0.2, -0.15) is 13.2 Å². The van der Waals surface area contributed by atoms with Crippen LogP contribution in [0.3, 0.4) is 0 Å². The van der Waals surface area contributed by atoms with E-state index < -0.39 is 11.6 Å². The van der Waals surface area contributed by atoms with Crippen molar-refractivity contribution >= 4 is 49.0 Å². The zero-order valence-corrected chi connectivity index (χ0v) is 20.4. The van der Waals surface area contributed by atoms with E-state index >= 15 is 4.39 Å². The summed E-state index contributed by atoms with van der Waals surface area (Å²) in [7, 11) is 1.93. The lowest BCUT2D eigenvalue weighted by Crippen LogP contribution is -2.36. The van der Waals surface area contributed by atoms with E-state index in [-0.39, 0.29) is 11.4 Å². The lowest BCUT2D eigenvalue weighted by atomic mass is 9.80. The molecular weight excluding hydrogens is 452 g/mol. The molecule has 0 fully saturated rings. The number of aryl methyl sites for hydroxylation is 3. The van der Waals surface area contributed by atoms with E-state index in [1.54, 1.807) is 19.9 Å². The second kappa shape index (κ2) is 6.62. The van der Waals surface area contributed by atoms with Gasteiger partial charge in [0.2, 0.25) is 5.52 Å². The van der Waals surface area contributed by atoms with Gasteiger partial charge in [0.25, 0.3) is 0 Å². The highest BCUT2D eigenvalue weighted by molar-refractivity contribution is 6.28. The Morgan fingerprint density at radius 1 is 0.829 bits per heavy atom. The van der Waals surface area contributed by atoms with E-state index in [4.69, 9.17) is 0 Å². The van der Waals surface area contributed by atoms with Gasteiger partial charge in [-0.3, -0.25) is 0 Å². The fraction of sp³-hybridized carbons (Fsp3) is 0.276. The first kappa shape index (κ1) is 22.1. The average Bonchev–Trinajstić information content (AvgIpc) is 3.15. The highest BCUT2D eigenvalue weighted by Gasteiger charge is 2.50. The maximum Gasteiger partial charge on any atom is 0.397 e. The molecule has 3 aromatic carbocycles. The summed E-state index contributed by atoms with van der Waals surface area (Å²) >= 11 is 0. The van der Waals surface area contributed by atoms with Gasteiger partial charge >= 0.3 is 6.18 Å². The van der Waals surface area contributed by atoms with Crippen LogP contribution >= 0.6 is 0 Å². The third kappa shape index (κ3) is 2.52. The summed E-state index contributed by atoms with van der Waals surface area (Å²) in [5.74, 6) is -0.280. The molecule has 0 aliphatic carbocycles. The molecule has 6 heteroatoms. The number of hydrogen-bond donors (Lipinski definition) is 0. The molecule has 0 saturated heterocycles. The molecule has 0 N–H and O–H groups in total. The number of nitrogens with zero attached hydrogens (tertiary/aromatic N) is 2. The number of aromatic nitrogens is 2. The molecule has 0 atom stereocenters. The third-order valence-electron chi connectivity index (χ3n) is 8.07. The first-order valence-electron chi connectivity index (χ1n) is 11.6. The molecule has 178 valence electrons. The first-order valence-corrected chi connectivity index (χ1v) is 11.6. The van der Waals surface area contributed by atoms with Gasteiger partial charge in [-0.15, -0.1) is 0 Å². The Hall–Kier alpha value is -3.41. The first-order chi connectivity index (χ1) is 16.4. The minimum atomic E-state index is -4.45. The van der Waals surface area contributed by atoms with Crippen molar-refractivity contribution in [2.45, 2.75) is 46.2 Å². The van der Waals surface area contributed by atoms with Crippen molar-refractivity contribution in [1.82, 2.24) is 4.40 Å². The van der Waals surface area contributed by atoms with E-state index in [1.165, 1.54) is 13.8 Å². The second-order valence-electron chi connectivity index (χ2n) is 10.3. The molecule has 0 saturated carbocycles. The predicted molar refractivity (Wildman–Crippen MR) is 133 cm³/mol. The Morgan fingerprint density at radius 2 is 1.51 bits per heavy atom. The van der Waals surface area contributed by atoms with Crippen LogP contribution in [-0.4, -0.2) is 10.6 Å². The van der Waals surface area contributed by atoms with Crippen LogP contribution in [0.25, 0.3) is 49.0 Å². The predicted octanol–water partition coefficient (Wildman–Crippen LogP) is 7.72. The standard InChI is InChI=1S/C29H25F4N2/c1-14-15(2)24(30)16(3)25-21(14)26-22-17(11-12-34(26)6)13-19(28(4,5)29(31,32)33)23-18-9-7-8-10-20(18)35(25)27(22)23/h7-13H,1-6H3/q+1. The molecule has 0 aliphatic heterocycles. The molecule has 6 rings (SSSR count). The van der Waals surface area contributed by atoms with Gasteiger partial charge in [0.05, 0.1) is 32.7 Å². The van der Waals surface area contributed by atoms with Crippen molar-refractivity contribution in [2.75, 3.05) is 0 Å². The molecule has 0 amide bonds. The molecule has 0 spiro atoms. The van der Waals surface area contributed by atoms with Crippen LogP contribution in [0.1, 0.15) is 36.1 Å². The SMILES string of the molecule is Cc1c(F)c(C)c2c(c1C)c1c3c(cc[n+]1C)cc(C(C)(C)C(F)(F)F)c1c4ccccc4n2c13. The minimum Gasteiger partial charge on any atom is -0.307 e. The number of halogens is 4. The fourth-order valence-corrected chi connectivity index (χ4v) is 5.86. The Balaban J connectivity index is 2.09. The van der Waals surface area contributed by atoms with Crippen LogP contribution in [0.4, 0.5) is 17.6 Å². The molecule has 0 aliphatic rings. The summed E-state index contributed by atoms with van der Waals surface area (Å²) in [5, 5.41) is 3.87. The lowest BCUT2D eigenvalue weighted by molar-refractivity contribution is -0.643. The molecule has 0 radical (unpaired) electrons. The number of benzene rings is 3. The average molecular weight is 478 g/mol. The molecule has 3 aromatic heterocycles. The maximum atomic E-state index is 15.5. The molecule has 6 aromatic rings. The summed E-state index contributed by atoms with van der Waals surface area (Å²) in [6, 6.07) is 11.1. The van der Waals surface area contributed by atoms with Crippen LogP contribution in [0.2, 0.25) is 0 Å². The number of fused-ring (bicyclic) bond motifs is 6. The van der Waals surface area contributed by atoms with Crippen molar-refractivity contribution < 1.29 is 22.1 Å². The fourth-order valence-electron chi connectivity index (χ4n) is 5.86. The Morgan fingerprint density at radius 3 is 2.20 bits per heavy atom. The van der Waals surface area contributed by atoms with Crippen molar-refractivity contribution in [3.8, 4) is 0 Å². The topological polar surface area (TPSA) is 8.29 Å². The van der Waals surface area contributed by atoms with Crippen molar-refractivity contribution in [2.24, 2.45) is 7.05 Å². The largest absolute Gasteiger partial charge is 0.397 e. The molecule has 0 unspecified atom stereocenters. The zero-order chi connectivity index (χ0) is 25.2. The number of para-hydroxylation sites is 1. The Bertz CT molecular complexity index is 1860. The van der Waals surface area contributed by atoms with Gasteiger partial charge < -0.3 is 4.40 Å². The van der Waals surface area contributed by atoms with E-state index in [0.29, 0.717) is 27.5 Å². The van der Waals surface area contributed by atoms with Crippen molar-refractivity contribution in [1.29, 1.82) is 0 Å². The normalized spacial score (nSPS) is 13.4. The van der Waals surface area contributed by atoms with Crippen molar-refractivity contribution in [3.63, 3.8) is 0 Å². The smallest absolute Gasteiger partial charge is 0.307 e. The summed E-state index contributed by atoms with van der Waals surface area (Å²) < 4.78 is 62.7. The molecular formula is C29H25F4N2+. The van der Waals surface area contributed by atoms with Gasteiger partial charge in [-0.1, -0.05) is 18.2 Å². The highest BCUT2D eigenvalue weighted by atomic mass is 19.4. The summed E-state index contributed by atoms with van der Waals surface area (Å²) in [6.45, 7) is 7.94. The van der Waals surface area contributed by atoms with E-state index in [1.807, 2.05) is 59.5 Å². The monoisotopic (exact) mass is 477 g/mol. The Kier molecular flexibility index (Phi) is 4.18. The Labute approximate surface area is 199 Å². The summed E-state index contributed by atoms with van der Waals surface area (Å²) in [5.41, 5.74) is 3.15. The van der Waals surface area contributed by atoms with E-state index in [2.05, 4.69) is 0 Å². The van der Waals surface area contributed by atoms with Crippen LogP contribution < -0.4 is 4.57 Å². The number of rotatable bonds is 1. The van der Waals surface area contributed by atoms with Gasteiger partial charge in [-0.05, 0) is 68.8 Å². The quantitative estimate of drug-likeness (QED) is 0.0992. The van der Waals surface area contributed by atoms with Crippen LogP contribution in [0.5, 0.6) is 0 Å². The van der Waals surface area contributed by atoms with Gasteiger partial charge in [-0.25, -0.2) is 8.96 Å². The third-order valence-corrected chi connectivity index (χ3v) is 8.07. The van der Waals surface area contributed by atoms with E-state index in [0.717, 1.165) is 38.1 Å². The van der Waals surface area contributed by atoms with Crippen LogP contribution in [0, 0.1) is 26.6 Å². The van der Waals surface area contributed by atoms with Gasteiger partial charge in [0, 0.05) is 22.4 Å². The zero-order valence-electron chi connectivity index (χ0n) is 20.4. The molecule has 2 nitrogen and oxygen atoms in total. The number of alkyl halides is 3. The van der Waals surface area contributed by atoms with Crippen LogP contribution in [0.15, 0.2) is 42.6 Å². The van der Waals surface area contributed by atoms with E-state index in [9.17, 15) is 13.2 Å².